The molecule has 5 rings (SSSR count). The molecule has 3 aromatic carbocycles. The van der Waals surface area contributed by atoms with E-state index in [9.17, 15) is 26.4 Å². The number of piperidine rings is 1. The summed E-state index contributed by atoms with van der Waals surface area (Å²) in [6.45, 7) is 11.5. The number of hydrogen-bond acceptors (Lipinski definition) is 18. The van der Waals surface area contributed by atoms with Gasteiger partial charge in [0, 0.05) is 58.8 Å². The predicted molar refractivity (Wildman–Crippen MR) is 299 cm³/mol. The maximum absolute atomic E-state index is 13.3. The topological polar surface area (TPSA) is 199 Å². The summed E-state index contributed by atoms with van der Waals surface area (Å²) in [5, 5.41) is 5.33. The number of carbonyl (C=O) groups is 1. The van der Waals surface area contributed by atoms with E-state index in [-0.39, 0.29) is 56.9 Å². The number of sulfonamides is 1. The number of ether oxygens (including phenoxy) is 13. The van der Waals surface area contributed by atoms with Crippen molar-refractivity contribution in [2.24, 2.45) is 0 Å². The molecule has 1 aromatic heterocycles. The van der Waals surface area contributed by atoms with Gasteiger partial charge >= 0.3 is 15.5 Å². The normalized spacial score (nSPS) is 13.7. The van der Waals surface area contributed by atoms with E-state index in [0.717, 1.165) is 16.7 Å². The Morgan fingerprint density at radius 1 is 0.556 bits per heavy atom. The third-order valence-electron chi connectivity index (χ3n) is 12.2. The molecule has 19 nitrogen and oxygen atoms in total. The van der Waals surface area contributed by atoms with Crippen molar-refractivity contribution >= 4 is 55.6 Å². The third kappa shape index (κ3) is 26.7. The molecule has 454 valence electrons. The largest absolute Gasteiger partial charge is 0.511 e. The minimum Gasteiger partial charge on any atom is -0.489 e. The highest BCUT2D eigenvalue weighted by Crippen LogP contribution is 2.40. The lowest BCUT2D eigenvalue weighted by atomic mass is 9.84. The fourth-order valence-electron chi connectivity index (χ4n) is 8.09. The first-order valence-corrected chi connectivity index (χ1v) is 29.3. The van der Waals surface area contributed by atoms with Gasteiger partial charge in [-0.1, -0.05) is 47.5 Å². The molecule has 2 heterocycles. The number of anilines is 1. The highest BCUT2D eigenvalue weighted by atomic mass is 35.5. The molecule has 1 aliphatic heterocycles. The minimum atomic E-state index is -5.42. The van der Waals surface area contributed by atoms with Gasteiger partial charge in [0.2, 0.25) is 0 Å². The van der Waals surface area contributed by atoms with Crippen molar-refractivity contribution in [3.8, 4) is 5.75 Å². The molecule has 1 fully saturated rings. The van der Waals surface area contributed by atoms with Crippen LogP contribution < -0.4 is 10.1 Å². The summed E-state index contributed by atoms with van der Waals surface area (Å²) in [5.74, 6) is 0.299. The summed E-state index contributed by atoms with van der Waals surface area (Å²) < 4.78 is 137. The number of aromatic nitrogens is 1. The maximum Gasteiger partial charge on any atom is 0.511 e. The van der Waals surface area contributed by atoms with Crippen molar-refractivity contribution in [2.75, 3.05) is 184 Å². The lowest BCUT2D eigenvalue weighted by Crippen LogP contribution is -2.47. The van der Waals surface area contributed by atoms with Gasteiger partial charge in [-0.15, -0.1) is 0 Å². The van der Waals surface area contributed by atoms with E-state index in [1.54, 1.807) is 12.3 Å². The minimum absolute atomic E-state index is 0.111. The Kier molecular flexibility index (Phi) is 33.2. The SMILES string of the molecule is CC(=O)CCOCCOCCOCCOCCOCCOCCOCCOCCOCCOCCOCCOCCOc1cc(C(c2ccc(Cl)cc2)c2ccc(Cl)cc2)cc2c(NC3CCN(S(=O)(=O)C(F)(F)F)CC3)ccnc12. The predicted octanol–water partition coefficient (Wildman–Crippen LogP) is 8.00. The van der Waals surface area contributed by atoms with E-state index in [4.69, 9.17) is 84.8 Å². The van der Waals surface area contributed by atoms with E-state index < -0.39 is 15.5 Å². The van der Waals surface area contributed by atoms with E-state index in [1.165, 1.54) is 6.92 Å². The molecule has 1 saturated heterocycles. The van der Waals surface area contributed by atoms with Crippen LogP contribution in [-0.2, 0) is 71.7 Å². The number of Topliss-reactive ketones (excluding diaryl/α,β-unsaturated/α-hetero) is 1. The lowest BCUT2D eigenvalue weighted by Gasteiger charge is -2.32. The average Bonchev–Trinajstić information content (AvgIpc) is 3.44. The molecule has 0 aliphatic carbocycles. The van der Waals surface area contributed by atoms with Crippen LogP contribution in [0.2, 0.25) is 10.0 Å². The number of nitrogens with one attached hydrogen (secondary N) is 1. The zero-order chi connectivity index (χ0) is 57.8. The van der Waals surface area contributed by atoms with Gasteiger partial charge in [0.25, 0.3) is 0 Å². The number of fused-ring (bicyclic) bond motifs is 1. The van der Waals surface area contributed by atoms with E-state index in [0.29, 0.717) is 195 Å². The molecule has 4 aromatic rings. The second-order valence-electron chi connectivity index (χ2n) is 18.2. The Labute approximate surface area is 483 Å². The van der Waals surface area contributed by atoms with E-state index >= 15 is 0 Å². The van der Waals surface area contributed by atoms with Crippen molar-refractivity contribution in [1.29, 1.82) is 0 Å². The highest BCUT2D eigenvalue weighted by molar-refractivity contribution is 7.90. The quantitative estimate of drug-likeness (QED) is 0.0329. The van der Waals surface area contributed by atoms with Crippen LogP contribution in [0.5, 0.6) is 5.75 Å². The number of pyridine rings is 1. The van der Waals surface area contributed by atoms with Crippen molar-refractivity contribution < 1.29 is 88.0 Å². The van der Waals surface area contributed by atoms with Gasteiger partial charge in [-0.2, -0.15) is 17.5 Å². The number of benzene rings is 3. The van der Waals surface area contributed by atoms with Gasteiger partial charge in [0.05, 0.1) is 159 Å². The Balaban J connectivity index is 0.881. The van der Waals surface area contributed by atoms with Gasteiger partial charge in [0.1, 0.15) is 23.7 Å². The fraction of sp³-hybridized carbons (Fsp3) is 0.607. The molecule has 0 amide bonds. The second kappa shape index (κ2) is 39.6. The molecule has 25 heteroatoms. The Bertz CT molecular complexity index is 2400. The van der Waals surface area contributed by atoms with Gasteiger partial charge in [-0.3, -0.25) is 9.78 Å². The van der Waals surface area contributed by atoms with Crippen LogP contribution in [0.1, 0.15) is 48.8 Å². The Morgan fingerprint density at radius 2 is 0.914 bits per heavy atom. The van der Waals surface area contributed by atoms with E-state index in [1.807, 2.05) is 60.7 Å². The molecule has 0 radical (unpaired) electrons. The van der Waals surface area contributed by atoms with Crippen LogP contribution in [0.25, 0.3) is 10.9 Å². The van der Waals surface area contributed by atoms with Crippen molar-refractivity contribution in [3.05, 3.63) is 99.7 Å². The highest BCUT2D eigenvalue weighted by Gasteiger charge is 2.50. The molecule has 1 aliphatic rings. The molecule has 0 unspecified atom stereocenters. The van der Waals surface area contributed by atoms with Crippen molar-refractivity contribution in [2.45, 2.75) is 43.7 Å². The fourth-order valence-corrected chi connectivity index (χ4v) is 9.32. The number of nitrogens with zero attached hydrogens (tertiary/aromatic N) is 2. The second-order valence-corrected chi connectivity index (χ2v) is 21.0. The smallest absolute Gasteiger partial charge is 0.489 e. The molecule has 0 saturated carbocycles. The van der Waals surface area contributed by atoms with Crippen LogP contribution in [0.3, 0.4) is 0 Å². The summed E-state index contributed by atoms with van der Waals surface area (Å²) in [7, 11) is -5.42. The zero-order valence-electron chi connectivity index (χ0n) is 46.0. The first kappa shape index (κ1) is 67.9. The summed E-state index contributed by atoms with van der Waals surface area (Å²) >= 11 is 12.6. The third-order valence-corrected chi connectivity index (χ3v) is 14.3. The van der Waals surface area contributed by atoms with Crippen LogP contribution in [0.4, 0.5) is 18.9 Å². The first-order chi connectivity index (χ1) is 39.3. The first-order valence-electron chi connectivity index (χ1n) is 27.1. The van der Waals surface area contributed by atoms with E-state index in [2.05, 4.69) is 10.3 Å². The van der Waals surface area contributed by atoms with Crippen LogP contribution >= 0.6 is 23.2 Å². The van der Waals surface area contributed by atoms with Crippen LogP contribution in [-0.4, -0.2) is 213 Å². The van der Waals surface area contributed by atoms with Gasteiger partial charge < -0.3 is 66.9 Å². The van der Waals surface area contributed by atoms with Gasteiger partial charge in [-0.05, 0) is 78.9 Å². The molecular weight excluding hydrogens is 1130 g/mol. The van der Waals surface area contributed by atoms with Gasteiger partial charge in [0.15, 0.2) is 0 Å². The molecule has 0 spiro atoms. The van der Waals surface area contributed by atoms with Crippen LogP contribution in [0, 0.1) is 0 Å². The molecule has 81 heavy (non-hydrogen) atoms. The summed E-state index contributed by atoms with van der Waals surface area (Å²) in [6, 6.07) is 20.5. The van der Waals surface area contributed by atoms with Gasteiger partial charge in [-0.25, -0.2) is 8.42 Å². The zero-order valence-corrected chi connectivity index (χ0v) is 48.3. The summed E-state index contributed by atoms with van der Waals surface area (Å²) in [6.07, 6.45) is 2.38. The number of hydrogen-bond donors (Lipinski definition) is 1. The van der Waals surface area contributed by atoms with Crippen molar-refractivity contribution in [1.82, 2.24) is 9.29 Å². The lowest BCUT2D eigenvalue weighted by molar-refractivity contribution is -0.118. The number of rotatable bonds is 46. The molecule has 0 atom stereocenters. The standard InChI is InChI=1S/C56H78Cl2F3N3O16S/c1-44(65)13-17-68-18-19-69-20-21-70-22-23-71-24-25-72-26-27-73-28-29-74-30-31-75-32-33-76-34-35-77-36-37-78-38-39-79-40-41-80-53-43-47(54(45-2-6-48(57)7-3-45)46-4-8-49(58)9-5-46)42-51-52(10-14-62-55(51)53)63-50-11-15-64(16-12-50)81(66,67)56(59,60)61/h2-10,14,42-43,50,54H,11-13,15-41H2,1H3,(H,62,63). The summed E-state index contributed by atoms with van der Waals surface area (Å²) in [5.41, 5.74) is -1.39. The average molecular weight is 1210 g/mol. The Morgan fingerprint density at radius 3 is 1.27 bits per heavy atom. The molecule has 1 N–H and O–H groups in total. The summed E-state index contributed by atoms with van der Waals surface area (Å²) in [4.78, 5) is 15.5. The maximum atomic E-state index is 13.3. The molecular formula is C56H78Cl2F3N3O16S. The number of carbonyl (C=O) groups excluding carboxylic acids is 1. The Hall–Kier alpha value is -3.86. The van der Waals surface area contributed by atoms with Crippen LogP contribution in [0.15, 0.2) is 72.9 Å². The number of alkyl halides is 3. The molecule has 0 bridgehead atoms. The van der Waals surface area contributed by atoms with Crippen molar-refractivity contribution in [3.63, 3.8) is 0 Å². The monoisotopic (exact) mass is 1210 g/mol. The number of halogens is 5. The number of ketones is 1.